The number of aliphatic hydroxyl groups excluding tert-OH is 1. The molecule has 3 N–H and O–H groups in total. The second-order valence-electron chi connectivity index (χ2n) is 3.21. The van der Waals surface area contributed by atoms with Crippen LogP contribution in [0.3, 0.4) is 0 Å². The predicted molar refractivity (Wildman–Crippen MR) is 58.8 cm³/mol. The molecule has 0 fully saturated rings. The lowest BCUT2D eigenvalue weighted by molar-refractivity contribution is -0.119. The summed E-state index contributed by atoms with van der Waals surface area (Å²) in [4.78, 5) is 22.4. The first-order valence-electron chi connectivity index (χ1n) is 4.86. The van der Waals surface area contributed by atoms with Gasteiger partial charge in [0, 0.05) is 12.6 Å². The number of likely N-dealkylation sites (N-methyl/N-ethyl adjacent to an activating group) is 1. The number of hydrogen-bond donors (Lipinski definition) is 3. The van der Waals surface area contributed by atoms with Crippen LogP contribution in [0.25, 0.3) is 0 Å². The number of nitrogens with one attached hydrogen (secondary N) is 2. The molecule has 1 aromatic rings. The normalized spacial score (nSPS) is 9.62. The highest BCUT2D eigenvalue weighted by Crippen LogP contribution is 2.03. The Morgan fingerprint density at radius 1 is 1.25 bits per heavy atom. The van der Waals surface area contributed by atoms with E-state index in [1.54, 1.807) is 24.3 Å². The lowest BCUT2D eigenvalue weighted by atomic mass is 10.1. The van der Waals surface area contributed by atoms with Gasteiger partial charge in [0.15, 0.2) is 0 Å². The van der Waals surface area contributed by atoms with Crippen LogP contribution in [0.5, 0.6) is 0 Å². The summed E-state index contributed by atoms with van der Waals surface area (Å²) >= 11 is 0. The van der Waals surface area contributed by atoms with Crippen LogP contribution >= 0.6 is 0 Å². The van der Waals surface area contributed by atoms with Gasteiger partial charge < -0.3 is 15.7 Å². The van der Waals surface area contributed by atoms with E-state index in [0.29, 0.717) is 5.56 Å². The molecule has 0 aliphatic rings. The maximum atomic E-state index is 11.5. The highest BCUT2D eigenvalue weighted by Gasteiger charge is 2.06. The first-order valence-corrected chi connectivity index (χ1v) is 4.86. The van der Waals surface area contributed by atoms with Gasteiger partial charge in [-0.15, -0.1) is 0 Å². The molecule has 16 heavy (non-hydrogen) atoms. The molecule has 1 aromatic carbocycles. The number of carbonyl (C=O) groups is 2. The SMILES string of the molecule is CNC(=O)CNC(=O)c1ccc(CO)cc1. The summed E-state index contributed by atoms with van der Waals surface area (Å²) in [6.07, 6.45) is 0. The Balaban J connectivity index is 2.56. The average molecular weight is 222 g/mol. The van der Waals surface area contributed by atoms with Gasteiger partial charge in [-0.2, -0.15) is 0 Å². The third-order valence-electron chi connectivity index (χ3n) is 2.09. The Hall–Kier alpha value is -1.88. The maximum absolute atomic E-state index is 11.5. The number of rotatable bonds is 4. The Labute approximate surface area is 93.5 Å². The number of benzene rings is 1. The lowest BCUT2D eigenvalue weighted by Crippen LogP contribution is -2.35. The van der Waals surface area contributed by atoms with Crippen molar-refractivity contribution in [2.75, 3.05) is 13.6 Å². The molecule has 0 aliphatic heterocycles. The van der Waals surface area contributed by atoms with E-state index in [-0.39, 0.29) is 25.0 Å². The highest BCUT2D eigenvalue weighted by atomic mass is 16.3. The molecule has 0 saturated carbocycles. The van der Waals surface area contributed by atoms with Crippen molar-refractivity contribution in [1.82, 2.24) is 10.6 Å². The quantitative estimate of drug-likeness (QED) is 0.652. The van der Waals surface area contributed by atoms with Crippen LogP contribution in [-0.2, 0) is 11.4 Å². The molecule has 0 aliphatic carbocycles. The Bertz CT molecular complexity index is 373. The minimum Gasteiger partial charge on any atom is -0.392 e. The van der Waals surface area contributed by atoms with E-state index in [2.05, 4.69) is 10.6 Å². The second kappa shape index (κ2) is 5.87. The van der Waals surface area contributed by atoms with Gasteiger partial charge in [-0.25, -0.2) is 0 Å². The molecule has 0 bridgehead atoms. The van der Waals surface area contributed by atoms with Gasteiger partial charge in [-0.05, 0) is 17.7 Å². The Morgan fingerprint density at radius 2 is 1.88 bits per heavy atom. The third kappa shape index (κ3) is 3.36. The Kier molecular flexibility index (Phi) is 4.47. The first-order chi connectivity index (χ1) is 7.67. The molecule has 1 rings (SSSR count). The van der Waals surface area contributed by atoms with Crippen molar-refractivity contribution in [2.45, 2.75) is 6.61 Å². The minimum atomic E-state index is -0.312. The van der Waals surface area contributed by atoms with Crippen molar-refractivity contribution >= 4 is 11.8 Å². The minimum absolute atomic E-state index is 0.0446. The molecular weight excluding hydrogens is 208 g/mol. The van der Waals surface area contributed by atoms with E-state index in [9.17, 15) is 9.59 Å². The van der Waals surface area contributed by atoms with Crippen molar-refractivity contribution in [3.8, 4) is 0 Å². The molecule has 2 amide bonds. The van der Waals surface area contributed by atoms with Crippen LogP contribution in [0, 0.1) is 0 Å². The van der Waals surface area contributed by atoms with Gasteiger partial charge in [0.05, 0.1) is 13.2 Å². The summed E-state index contributed by atoms with van der Waals surface area (Å²) in [6.45, 7) is -0.1000. The molecule has 0 heterocycles. The van der Waals surface area contributed by atoms with E-state index in [1.807, 2.05) is 0 Å². The monoisotopic (exact) mass is 222 g/mol. The van der Waals surface area contributed by atoms with E-state index in [1.165, 1.54) is 7.05 Å². The van der Waals surface area contributed by atoms with E-state index < -0.39 is 0 Å². The fourth-order valence-electron chi connectivity index (χ4n) is 1.11. The van der Waals surface area contributed by atoms with Crippen LogP contribution in [0.15, 0.2) is 24.3 Å². The van der Waals surface area contributed by atoms with Gasteiger partial charge in [-0.3, -0.25) is 9.59 Å². The molecular formula is C11H14N2O3. The van der Waals surface area contributed by atoms with E-state index >= 15 is 0 Å². The first kappa shape index (κ1) is 12.2. The molecule has 0 saturated heterocycles. The maximum Gasteiger partial charge on any atom is 0.251 e. The topological polar surface area (TPSA) is 78.4 Å². The molecule has 86 valence electrons. The number of aliphatic hydroxyl groups is 1. The van der Waals surface area contributed by atoms with Crippen LogP contribution in [0.2, 0.25) is 0 Å². The van der Waals surface area contributed by atoms with Crippen molar-refractivity contribution in [3.05, 3.63) is 35.4 Å². The van der Waals surface area contributed by atoms with Crippen molar-refractivity contribution < 1.29 is 14.7 Å². The van der Waals surface area contributed by atoms with Crippen LogP contribution < -0.4 is 10.6 Å². The van der Waals surface area contributed by atoms with E-state index in [0.717, 1.165) is 5.56 Å². The summed E-state index contributed by atoms with van der Waals surface area (Å²) in [5.74, 6) is -0.562. The van der Waals surface area contributed by atoms with Crippen molar-refractivity contribution in [3.63, 3.8) is 0 Å². The van der Waals surface area contributed by atoms with Crippen LogP contribution in [0.1, 0.15) is 15.9 Å². The largest absolute Gasteiger partial charge is 0.392 e. The predicted octanol–water partition coefficient (Wildman–Crippen LogP) is -0.345. The summed E-state index contributed by atoms with van der Waals surface area (Å²) in [5, 5.41) is 13.7. The highest BCUT2D eigenvalue weighted by molar-refractivity contribution is 5.96. The molecule has 5 nitrogen and oxygen atoms in total. The summed E-state index contributed by atoms with van der Waals surface area (Å²) in [6, 6.07) is 6.53. The molecule has 0 spiro atoms. The summed E-state index contributed by atoms with van der Waals surface area (Å²) in [7, 11) is 1.50. The fourth-order valence-corrected chi connectivity index (χ4v) is 1.11. The standard InChI is InChI=1S/C11H14N2O3/c1-12-10(15)6-13-11(16)9-4-2-8(7-14)3-5-9/h2-5,14H,6-7H2,1H3,(H,12,15)(H,13,16). The number of carbonyl (C=O) groups excluding carboxylic acids is 2. The zero-order chi connectivity index (χ0) is 12.0. The third-order valence-corrected chi connectivity index (χ3v) is 2.09. The summed E-state index contributed by atoms with van der Waals surface area (Å²) in [5.41, 5.74) is 1.20. The van der Waals surface area contributed by atoms with Gasteiger partial charge in [0.25, 0.3) is 5.91 Å². The van der Waals surface area contributed by atoms with Crippen LogP contribution in [0.4, 0.5) is 0 Å². The average Bonchev–Trinajstić information content (AvgIpc) is 2.35. The number of amides is 2. The van der Waals surface area contributed by atoms with Gasteiger partial charge in [0.2, 0.25) is 5.91 Å². The van der Waals surface area contributed by atoms with Gasteiger partial charge >= 0.3 is 0 Å². The molecule has 0 unspecified atom stereocenters. The molecule has 0 atom stereocenters. The molecule has 0 aromatic heterocycles. The second-order valence-corrected chi connectivity index (χ2v) is 3.21. The van der Waals surface area contributed by atoms with Crippen LogP contribution in [-0.4, -0.2) is 30.5 Å². The smallest absolute Gasteiger partial charge is 0.251 e. The zero-order valence-corrected chi connectivity index (χ0v) is 8.99. The Morgan fingerprint density at radius 3 is 2.38 bits per heavy atom. The van der Waals surface area contributed by atoms with E-state index in [4.69, 9.17) is 5.11 Å². The van der Waals surface area contributed by atoms with Crippen molar-refractivity contribution in [1.29, 1.82) is 0 Å². The van der Waals surface area contributed by atoms with Gasteiger partial charge in [0.1, 0.15) is 0 Å². The lowest BCUT2D eigenvalue weighted by Gasteiger charge is -2.04. The zero-order valence-electron chi connectivity index (χ0n) is 8.99. The fraction of sp³-hybridized carbons (Fsp3) is 0.273. The summed E-state index contributed by atoms with van der Waals surface area (Å²) < 4.78 is 0. The molecule has 0 radical (unpaired) electrons. The van der Waals surface area contributed by atoms with Crippen molar-refractivity contribution in [2.24, 2.45) is 0 Å². The molecule has 5 heteroatoms. The van der Waals surface area contributed by atoms with Gasteiger partial charge in [-0.1, -0.05) is 12.1 Å². The number of hydrogen-bond acceptors (Lipinski definition) is 3.